The zero-order valence-corrected chi connectivity index (χ0v) is 26.1. The molecule has 1 heterocycles. The van der Waals surface area contributed by atoms with Crippen LogP contribution >= 0.6 is 0 Å². The number of pyridine rings is 1. The third kappa shape index (κ3) is 8.85. The van der Waals surface area contributed by atoms with Gasteiger partial charge in [0.25, 0.3) is 0 Å². The van der Waals surface area contributed by atoms with Gasteiger partial charge >= 0.3 is 5.78 Å². The summed E-state index contributed by atoms with van der Waals surface area (Å²) >= 11 is 0. The minimum Gasteiger partial charge on any atom is -0.512 e. The van der Waals surface area contributed by atoms with Gasteiger partial charge in [-0.05, 0) is 56.0 Å². The fourth-order valence-corrected chi connectivity index (χ4v) is 4.45. The number of aromatic nitrogens is 1. The molecule has 1 unspecified atom stereocenters. The number of carbonyl (C=O) groups excluding carboxylic acids is 1. The molecule has 0 aliphatic rings. The van der Waals surface area contributed by atoms with Crippen LogP contribution in [0.2, 0.25) is 0 Å². The number of nitrogens with zero attached hydrogens (tertiary/aromatic N) is 1. The summed E-state index contributed by atoms with van der Waals surface area (Å²) in [7, 11) is 0. The molecular formula is C35H39IrNO2. The first-order valence-corrected chi connectivity index (χ1v) is 13.2. The fourth-order valence-electron chi connectivity index (χ4n) is 4.45. The second-order valence-corrected chi connectivity index (χ2v) is 9.85. The Morgan fingerprint density at radius 2 is 1.59 bits per heavy atom. The molecule has 4 rings (SSSR count). The van der Waals surface area contributed by atoms with Crippen molar-refractivity contribution in [1.29, 1.82) is 0 Å². The maximum absolute atomic E-state index is 9.52. The molecule has 3 aromatic carbocycles. The third-order valence-electron chi connectivity index (χ3n) is 6.94. The maximum Gasteiger partial charge on any atom is 0.320 e. The topological polar surface area (TPSA) is 54.5 Å². The number of aliphatic hydroxyl groups excluding tert-OH is 1. The summed E-state index contributed by atoms with van der Waals surface area (Å²) in [6.45, 7) is 11.9. The van der Waals surface area contributed by atoms with Crippen molar-refractivity contribution in [3.05, 3.63) is 125 Å². The van der Waals surface area contributed by atoms with Gasteiger partial charge in [0.05, 0.1) is 12.5 Å². The molecule has 4 aromatic rings. The van der Waals surface area contributed by atoms with Crippen molar-refractivity contribution in [3.8, 4) is 22.4 Å². The average molecular weight is 698 g/mol. The number of allylic oxidation sites excluding steroid dienone is 2. The van der Waals surface area contributed by atoms with E-state index in [1.165, 1.54) is 27.8 Å². The molecule has 205 valence electrons. The van der Waals surface area contributed by atoms with Crippen molar-refractivity contribution in [2.45, 2.75) is 60.3 Å². The van der Waals surface area contributed by atoms with E-state index in [-0.39, 0.29) is 31.6 Å². The molecule has 0 aliphatic heterocycles. The zero-order chi connectivity index (χ0) is 27.7. The summed E-state index contributed by atoms with van der Waals surface area (Å²) in [5, 5.41) is 9.52. The standard InChI is InChI=1S/C19H16N.C16H22O2.Ir/c1-14-6-5-7-15(2)19(14)17-11-9-16(10-12-17)18-8-3-4-13-20-18;1-5-11(2)15-8-6-14(7-9-15)10-16(12(3)17)13(4)18;/h3-9,11-13H,1-2H3;6-9,11,17H,5,10H2,1-4H3;/q-1;;/p+1. The Bertz CT molecular complexity index is 1350. The summed E-state index contributed by atoms with van der Waals surface area (Å²) in [6.07, 6.45) is 3.50. The van der Waals surface area contributed by atoms with Gasteiger partial charge in [0.1, 0.15) is 5.76 Å². The van der Waals surface area contributed by atoms with Crippen LogP contribution in [0.1, 0.15) is 62.3 Å². The normalized spacial score (nSPS) is 11.8. The van der Waals surface area contributed by atoms with Crippen LogP contribution in [0.5, 0.6) is 0 Å². The predicted molar refractivity (Wildman–Crippen MR) is 160 cm³/mol. The number of aryl methyl sites for hydroxylation is 2. The van der Waals surface area contributed by atoms with Gasteiger partial charge in [0, 0.05) is 32.7 Å². The molecule has 0 bridgehead atoms. The number of aliphatic hydroxyl groups is 1. The molecular weight excluding hydrogens is 659 g/mol. The third-order valence-corrected chi connectivity index (χ3v) is 6.94. The molecule has 1 radical (unpaired) electrons. The number of hydrogen-bond acceptors (Lipinski definition) is 2. The molecule has 0 saturated heterocycles. The first kappa shape index (κ1) is 31.9. The van der Waals surface area contributed by atoms with E-state index in [4.69, 9.17) is 0 Å². The summed E-state index contributed by atoms with van der Waals surface area (Å²) in [6, 6.07) is 30.3. The van der Waals surface area contributed by atoms with Crippen LogP contribution in [0, 0.1) is 19.9 Å². The van der Waals surface area contributed by atoms with Crippen molar-refractivity contribution < 1.29 is 30.0 Å². The summed E-state index contributed by atoms with van der Waals surface area (Å²) in [5.74, 6) is 0.932. The van der Waals surface area contributed by atoms with Gasteiger partial charge in [-0.3, -0.25) is 4.79 Å². The molecule has 0 amide bonds. The van der Waals surface area contributed by atoms with Gasteiger partial charge < -0.3 is 10.1 Å². The number of rotatable bonds is 7. The van der Waals surface area contributed by atoms with E-state index in [0.717, 1.165) is 23.2 Å². The van der Waals surface area contributed by atoms with Crippen molar-refractivity contribution in [3.63, 3.8) is 0 Å². The summed E-state index contributed by atoms with van der Waals surface area (Å²) in [5.41, 5.74) is 10.1. The van der Waals surface area contributed by atoms with Crippen molar-refractivity contribution in [1.82, 2.24) is 4.98 Å². The van der Waals surface area contributed by atoms with E-state index in [1.54, 1.807) is 13.8 Å². The summed E-state index contributed by atoms with van der Waals surface area (Å²) < 4.78 is 0. The Labute approximate surface area is 247 Å². The van der Waals surface area contributed by atoms with Gasteiger partial charge in [-0.15, -0.1) is 29.8 Å². The van der Waals surface area contributed by atoms with E-state index in [1.807, 2.05) is 24.4 Å². The Kier molecular flexibility index (Phi) is 12.5. The van der Waals surface area contributed by atoms with Gasteiger partial charge in [-0.2, -0.15) is 0 Å². The van der Waals surface area contributed by atoms with Crippen LogP contribution in [0.15, 0.2) is 96.4 Å². The molecule has 0 fully saturated rings. The van der Waals surface area contributed by atoms with Gasteiger partial charge in [0.2, 0.25) is 0 Å². The van der Waals surface area contributed by atoms with Crippen LogP contribution < -0.4 is 0 Å². The minimum absolute atomic E-state index is 0. The SMILES string of the molecule is CCC(C)c1ccc(CC(C(C)=[OH+])=C(C)O)cc1.Cc1cccc(C)c1-c1c[c-]c(-c2ccccn2)cc1.[Ir]. The predicted octanol–water partition coefficient (Wildman–Crippen LogP) is 8.97. The molecule has 0 saturated carbocycles. The molecule has 4 heteroatoms. The Balaban J connectivity index is 0.000000269. The summed E-state index contributed by atoms with van der Waals surface area (Å²) in [4.78, 5) is 13.9. The van der Waals surface area contributed by atoms with Crippen LogP contribution in [0.25, 0.3) is 22.4 Å². The van der Waals surface area contributed by atoms with Crippen LogP contribution in [0.3, 0.4) is 0 Å². The largest absolute Gasteiger partial charge is 0.512 e. The zero-order valence-electron chi connectivity index (χ0n) is 23.7. The van der Waals surface area contributed by atoms with E-state index in [9.17, 15) is 9.90 Å². The quantitative estimate of drug-likeness (QED) is 0.0908. The molecule has 1 aromatic heterocycles. The molecule has 1 atom stereocenters. The van der Waals surface area contributed by atoms with Gasteiger partial charge in [0.15, 0.2) is 0 Å². The first-order valence-electron chi connectivity index (χ1n) is 13.2. The molecule has 39 heavy (non-hydrogen) atoms. The molecule has 0 spiro atoms. The van der Waals surface area contributed by atoms with E-state index in [2.05, 4.69) is 99.4 Å². The second-order valence-electron chi connectivity index (χ2n) is 9.85. The number of ketones is 1. The minimum atomic E-state index is 0. The fraction of sp³-hybridized carbons (Fsp3) is 0.257. The smallest absolute Gasteiger partial charge is 0.320 e. The van der Waals surface area contributed by atoms with Crippen molar-refractivity contribution in [2.24, 2.45) is 0 Å². The van der Waals surface area contributed by atoms with Gasteiger partial charge in [-0.25, -0.2) is 0 Å². The van der Waals surface area contributed by atoms with Crippen molar-refractivity contribution in [2.75, 3.05) is 0 Å². The van der Waals surface area contributed by atoms with E-state index < -0.39 is 0 Å². The van der Waals surface area contributed by atoms with Crippen LogP contribution in [-0.4, -0.2) is 20.7 Å². The molecule has 2 N–H and O–H groups in total. The number of hydrogen-bond donors (Lipinski definition) is 1. The average Bonchev–Trinajstić information content (AvgIpc) is 2.92. The van der Waals surface area contributed by atoms with E-state index in [0.29, 0.717) is 17.9 Å². The van der Waals surface area contributed by atoms with Gasteiger partial charge in [-0.1, -0.05) is 90.7 Å². The van der Waals surface area contributed by atoms with Crippen LogP contribution in [-0.2, 0) is 26.5 Å². The number of benzene rings is 3. The van der Waals surface area contributed by atoms with Crippen molar-refractivity contribution >= 4 is 5.78 Å². The first-order chi connectivity index (χ1) is 18.2. The molecule has 0 aliphatic carbocycles. The Morgan fingerprint density at radius 1 is 0.923 bits per heavy atom. The maximum atomic E-state index is 9.52. The molecule has 3 nitrogen and oxygen atoms in total. The second kappa shape index (κ2) is 15.3. The Morgan fingerprint density at radius 3 is 2.08 bits per heavy atom. The Hall–Kier alpha value is -3.33. The van der Waals surface area contributed by atoms with E-state index >= 15 is 0 Å². The monoisotopic (exact) mass is 698 g/mol. The van der Waals surface area contributed by atoms with Crippen LogP contribution in [0.4, 0.5) is 0 Å².